The zero-order valence-corrected chi connectivity index (χ0v) is 10.1. The molecule has 0 aliphatic carbocycles. The zero-order valence-electron chi connectivity index (χ0n) is 7.96. The van der Waals surface area contributed by atoms with Crippen LogP contribution in [0.5, 0.6) is 5.75 Å². The first-order valence-corrected chi connectivity index (χ1v) is 5.24. The molecule has 0 aliphatic heterocycles. The number of ether oxygens (including phenoxy) is 1. The fourth-order valence-electron chi connectivity index (χ4n) is 0.774. The molecule has 0 fully saturated rings. The Morgan fingerprint density at radius 3 is 2.46 bits per heavy atom. The molecule has 1 aromatic rings. The van der Waals surface area contributed by atoms with Crippen LogP contribution in [0, 0.1) is 3.57 Å². The number of para-hydroxylation sites is 1. The van der Waals surface area contributed by atoms with Gasteiger partial charge in [-0.25, -0.2) is 0 Å². The summed E-state index contributed by atoms with van der Waals surface area (Å²) in [6.45, 7) is 2.91. The van der Waals surface area contributed by atoms with Crippen LogP contribution < -0.4 is 4.74 Å². The summed E-state index contributed by atoms with van der Waals surface area (Å²) in [6, 6.07) is 8.05. The van der Waals surface area contributed by atoms with E-state index in [1.165, 1.54) is 3.57 Å². The van der Waals surface area contributed by atoms with E-state index < -0.39 is 0 Å². The van der Waals surface area contributed by atoms with Crippen molar-refractivity contribution in [2.45, 2.75) is 13.3 Å². The highest BCUT2D eigenvalue weighted by atomic mass is 127. The summed E-state index contributed by atoms with van der Waals surface area (Å²) in [7, 11) is 1.00. The van der Waals surface area contributed by atoms with E-state index in [1.54, 1.807) is 0 Å². The van der Waals surface area contributed by atoms with Crippen LogP contribution in [0.4, 0.5) is 0 Å². The molecule has 74 valence electrons. The molecular formula is C10H15IO2. The summed E-state index contributed by atoms with van der Waals surface area (Å²) in [5, 5.41) is 7.00. The number of benzene rings is 1. The molecule has 1 aromatic carbocycles. The Balaban J connectivity index is 0.000000671. The van der Waals surface area contributed by atoms with Crippen LogP contribution in [0.15, 0.2) is 24.3 Å². The fourth-order valence-corrected chi connectivity index (χ4v) is 1.32. The lowest BCUT2D eigenvalue weighted by molar-refractivity contribution is 0.315. The van der Waals surface area contributed by atoms with Gasteiger partial charge in [0.2, 0.25) is 0 Å². The lowest BCUT2D eigenvalue weighted by Crippen LogP contribution is -1.95. The Labute approximate surface area is 93.1 Å². The van der Waals surface area contributed by atoms with Crippen LogP contribution in [-0.4, -0.2) is 18.8 Å². The van der Waals surface area contributed by atoms with Gasteiger partial charge in [-0.2, -0.15) is 0 Å². The van der Waals surface area contributed by atoms with Gasteiger partial charge in [-0.1, -0.05) is 19.1 Å². The molecule has 0 aliphatic rings. The molecule has 3 heteroatoms. The van der Waals surface area contributed by atoms with E-state index >= 15 is 0 Å². The summed E-state index contributed by atoms with van der Waals surface area (Å²) in [6.07, 6.45) is 1.06. The van der Waals surface area contributed by atoms with Crippen LogP contribution in [0.3, 0.4) is 0 Å². The normalized spacial score (nSPS) is 8.62. The lowest BCUT2D eigenvalue weighted by atomic mass is 10.3. The van der Waals surface area contributed by atoms with E-state index in [4.69, 9.17) is 9.84 Å². The minimum absolute atomic E-state index is 0.806. The van der Waals surface area contributed by atoms with Crippen molar-refractivity contribution in [2.75, 3.05) is 13.7 Å². The van der Waals surface area contributed by atoms with Gasteiger partial charge in [0, 0.05) is 7.11 Å². The molecule has 0 aromatic heterocycles. The summed E-state index contributed by atoms with van der Waals surface area (Å²) in [5.74, 6) is 0.995. The van der Waals surface area contributed by atoms with Crippen LogP contribution in [-0.2, 0) is 0 Å². The Morgan fingerprint density at radius 2 is 1.92 bits per heavy atom. The second kappa shape index (κ2) is 8.31. The van der Waals surface area contributed by atoms with Crippen LogP contribution in [0.25, 0.3) is 0 Å². The average Bonchev–Trinajstić information content (AvgIpc) is 2.20. The van der Waals surface area contributed by atoms with Gasteiger partial charge in [0.25, 0.3) is 0 Å². The standard InChI is InChI=1S/C9H11IO.CH4O/c1-2-7-11-9-6-4-3-5-8(9)10;1-2/h3-6H,2,7H2,1H3;2H,1H3. The molecule has 1 rings (SSSR count). The van der Waals surface area contributed by atoms with Gasteiger partial charge in [-0.3, -0.25) is 0 Å². The Hall–Kier alpha value is -0.290. The summed E-state index contributed by atoms with van der Waals surface area (Å²) < 4.78 is 6.66. The highest BCUT2D eigenvalue weighted by Crippen LogP contribution is 2.19. The van der Waals surface area contributed by atoms with Crippen molar-refractivity contribution in [3.8, 4) is 5.75 Å². The molecule has 2 nitrogen and oxygen atoms in total. The second-order valence-corrected chi connectivity index (χ2v) is 3.44. The number of rotatable bonds is 3. The molecule has 0 unspecified atom stereocenters. The van der Waals surface area contributed by atoms with Crippen molar-refractivity contribution < 1.29 is 9.84 Å². The van der Waals surface area contributed by atoms with Crippen molar-refractivity contribution >= 4 is 22.6 Å². The lowest BCUT2D eigenvalue weighted by Gasteiger charge is -2.05. The highest BCUT2D eigenvalue weighted by Gasteiger charge is 1.96. The van der Waals surface area contributed by atoms with E-state index in [1.807, 2.05) is 24.3 Å². The number of aliphatic hydroxyl groups excluding tert-OH is 1. The minimum atomic E-state index is 0.806. The predicted molar refractivity (Wildman–Crippen MR) is 63.1 cm³/mol. The van der Waals surface area contributed by atoms with Gasteiger partial charge >= 0.3 is 0 Å². The topological polar surface area (TPSA) is 29.5 Å². The van der Waals surface area contributed by atoms with Crippen LogP contribution >= 0.6 is 22.6 Å². The monoisotopic (exact) mass is 294 g/mol. The Kier molecular flexibility index (Phi) is 8.13. The maximum Gasteiger partial charge on any atom is 0.132 e. The third-order valence-electron chi connectivity index (χ3n) is 1.30. The largest absolute Gasteiger partial charge is 0.492 e. The van der Waals surface area contributed by atoms with Gasteiger partial charge in [0.15, 0.2) is 0 Å². The second-order valence-electron chi connectivity index (χ2n) is 2.28. The van der Waals surface area contributed by atoms with Crippen LogP contribution in [0.1, 0.15) is 13.3 Å². The number of halogens is 1. The van der Waals surface area contributed by atoms with Gasteiger partial charge in [-0.05, 0) is 41.1 Å². The van der Waals surface area contributed by atoms with E-state index in [2.05, 4.69) is 29.5 Å². The van der Waals surface area contributed by atoms with Gasteiger partial charge in [0.1, 0.15) is 5.75 Å². The Bertz CT molecular complexity index is 226. The molecule has 0 radical (unpaired) electrons. The molecule has 0 bridgehead atoms. The van der Waals surface area contributed by atoms with Gasteiger partial charge in [-0.15, -0.1) is 0 Å². The quantitative estimate of drug-likeness (QED) is 0.869. The molecule has 0 heterocycles. The minimum Gasteiger partial charge on any atom is -0.492 e. The number of aliphatic hydroxyl groups is 1. The van der Waals surface area contributed by atoms with E-state index in [0.29, 0.717) is 0 Å². The van der Waals surface area contributed by atoms with Crippen LogP contribution in [0.2, 0.25) is 0 Å². The smallest absolute Gasteiger partial charge is 0.132 e. The van der Waals surface area contributed by atoms with Crippen molar-refractivity contribution in [1.82, 2.24) is 0 Å². The molecule has 0 spiro atoms. The first kappa shape index (κ1) is 12.7. The zero-order chi connectivity index (χ0) is 10.1. The van der Waals surface area contributed by atoms with Gasteiger partial charge < -0.3 is 9.84 Å². The first-order valence-electron chi connectivity index (χ1n) is 4.16. The first-order chi connectivity index (χ1) is 6.34. The molecule has 0 saturated carbocycles. The number of hydrogen-bond donors (Lipinski definition) is 1. The van der Waals surface area contributed by atoms with Gasteiger partial charge in [0.05, 0.1) is 10.2 Å². The highest BCUT2D eigenvalue weighted by molar-refractivity contribution is 14.1. The summed E-state index contributed by atoms with van der Waals surface area (Å²) >= 11 is 2.28. The number of hydrogen-bond acceptors (Lipinski definition) is 2. The maximum atomic E-state index is 7.00. The summed E-state index contributed by atoms with van der Waals surface area (Å²) in [4.78, 5) is 0. The summed E-state index contributed by atoms with van der Waals surface area (Å²) in [5.41, 5.74) is 0. The average molecular weight is 294 g/mol. The third-order valence-corrected chi connectivity index (χ3v) is 2.19. The third kappa shape index (κ3) is 5.10. The Morgan fingerprint density at radius 1 is 1.31 bits per heavy atom. The molecule has 13 heavy (non-hydrogen) atoms. The predicted octanol–water partition coefficient (Wildman–Crippen LogP) is 2.69. The van der Waals surface area contributed by atoms with Crippen molar-refractivity contribution in [3.63, 3.8) is 0 Å². The SMILES string of the molecule is CCCOc1ccccc1I.CO. The van der Waals surface area contributed by atoms with Crippen molar-refractivity contribution in [3.05, 3.63) is 27.8 Å². The maximum absolute atomic E-state index is 7.00. The van der Waals surface area contributed by atoms with E-state index in [9.17, 15) is 0 Å². The van der Waals surface area contributed by atoms with Crippen molar-refractivity contribution in [2.24, 2.45) is 0 Å². The molecule has 1 N–H and O–H groups in total. The van der Waals surface area contributed by atoms with Crippen molar-refractivity contribution in [1.29, 1.82) is 0 Å². The van der Waals surface area contributed by atoms with E-state index in [0.717, 1.165) is 25.9 Å². The molecular weight excluding hydrogens is 279 g/mol. The molecule has 0 saturated heterocycles. The molecule has 0 atom stereocenters. The fraction of sp³-hybridized carbons (Fsp3) is 0.400. The van der Waals surface area contributed by atoms with E-state index in [-0.39, 0.29) is 0 Å². The molecule has 0 amide bonds.